The number of amides is 1. The molecule has 1 aliphatic rings. The van der Waals surface area contributed by atoms with Crippen LogP contribution in [0.2, 0.25) is 5.02 Å². The Hall–Kier alpha value is -2.30. The van der Waals surface area contributed by atoms with Crippen molar-refractivity contribution in [3.05, 3.63) is 65.2 Å². The molecule has 0 aromatic heterocycles. The van der Waals surface area contributed by atoms with E-state index in [9.17, 15) is 4.79 Å². The van der Waals surface area contributed by atoms with Crippen LogP contribution in [0.5, 0.6) is 0 Å². The Morgan fingerprint density at radius 2 is 1.88 bits per heavy atom. The summed E-state index contributed by atoms with van der Waals surface area (Å²) in [6.07, 6.45) is 3.29. The topological polar surface area (TPSA) is 41.6 Å². The molecule has 0 saturated carbocycles. The van der Waals surface area contributed by atoms with E-state index in [-0.39, 0.29) is 5.91 Å². The van der Waals surface area contributed by atoms with Gasteiger partial charge in [0.15, 0.2) is 0 Å². The van der Waals surface area contributed by atoms with E-state index in [1.165, 1.54) is 6.08 Å². The Kier molecular flexibility index (Phi) is 5.51. The third-order valence-electron chi connectivity index (χ3n) is 3.79. The van der Waals surface area contributed by atoms with Crippen molar-refractivity contribution in [2.24, 2.45) is 0 Å². The minimum absolute atomic E-state index is 0.186. The van der Waals surface area contributed by atoms with Crippen molar-refractivity contribution < 1.29 is 9.53 Å². The number of nitrogens with one attached hydrogen (secondary N) is 1. The number of morpholine rings is 1. The Morgan fingerprint density at radius 3 is 2.58 bits per heavy atom. The van der Waals surface area contributed by atoms with Gasteiger partial charge in [-0.3, -0.25) is 4.79 Å². The Balaban J connectivity index is 1.64. The monoisotopic (exact) mass is 342 g/mol. The standard InChI is InChI=1S/C19H19ClN2O2/c20-17-14-16(7-8-18(17)22-10-12-24-13-11-22)21-19(23)9-6-15-4-2-1-3-5-15/h1-9,14H,10-13H2,(H,21,23)/b9-6-. The van der Waals surface area contributed by atoms with Crippen molar-refractivity contribution in [2.45, 2.75) is 0 Å². The first-order valence-corrected chi connectivity index (χ1v) is 8.26. The maximum absolute atomic E-state index is 12.0. The second-order valence-corrected chi connectivity index (χ2v) is 5.91. The van der Waals surface area contributed by atoms with E-state index >= 15 is 0 Å². The number of carbonyl (C=O) groups excluding carboxylic acids is 1. The average molecular weight is 343 g/mol. The van der Waals surface area contributed by atoms with Gasteiger partial charge in [-0.05, 0) is 29.8 Å². The fourth-order valence-corrected chi connectivity index (χ4v) is 2.87. The average Bonchev–Trinajstić information content (AvgIpc) is 2.62. The molecule has 0 spiro atoms. The molecule has 2 aromatic rings. The smallest absolute Gasteiger partial charge is 0.248 e. The van der Waals surface area contributed by atoms with Crippen LogP contribution in [0.15, 0.2) is 54.6 Å². The minimum atomic E-state index is -0.186. The molecule has 1 saturated heterocycles. The third kappa shape index (κ3) is 4.37. The van der Waals surface area contributed by atoms with Crippen molar-refractivity contribution in [3.63, 3.8) is 0 Å². The first-order valence-electron chi connectivity index (χ1n) is 7.89. The minimum Gasteiger partial charge on any atom is -0.378 e. The summed E-state index contributed by atoms with van der Waals surface area (Å²) in [5, 5.41) is 3.46. The highest BCUT2D eigenvalue weighted by molar-refractivity contribution is 6.33. The van der Waals surface area contributed by atoms with E-state index in [2.05, 4.69) is 10.2 Å². The van der Waals surface area contributed by atoms with Gasteiger partial charge < -0.3 is 15.0 Å². The van der Waals surface area contributed by atoms with Gasteiger partial charge >= 0.3 is 0 Å². The first kappa shape index (κ1) is 16.6. The van der Waals surface area contributed by atoms with Gasteiger partial charge in [-0.1, -0.05) is 41.9 Å². The highest BCUT2D eigenvalue weighted by Crippen LogP contribution is 2.29. The fraction of sp³-hybridized carbons (Fsp3) is 0.211. The molecular weight excluding hydrogens is 324 g/mol. The summed E-state index contributed by atoms with van der Waals surface area (Å²) in [4.78, 5) is 14.2. The quantitative estimate of drug-likeness (QED) is 0.859. The maximum atomic E-state index is 12.0. The van der Waals surface area contributed by atoms with Gasteiger partial charge in [-0.2, -0.15) is 0 Å². The van der Waals surface area contributed by atoms with Crippen LogP contribution in [0.1, 0.15) is 5.56 Å². The molecule has 0 unspecified atom stereocenters. The summed E-state index contributed by atoms with van der Waals surface area (Å²) in [6.45, 7) is 3.06. The van der Waals surface area contributed by atoms with Crippen LogP contribution in [0.3, 0.4) is 0 Å². The van der Waals surface area contributed by atoms with Crippen molar-refractivity contribution in [2.75, 3.05) is 36.5 Å². The van der Waals surface area contributed by atoms with Crippen LogP contribution in [-0.2, 0) is 9.53 Å². The molecule has 1 fully saturated rings. The van der Waals surface area contributed by atoms with Crippen molar-refractivity contribution in [1.82, 2.24) is 0 Å². The van der Waals surface area contributed by atoms with Crippen molar-refractivity contribution >= 4 is 35.0 Å². The Morgan fingerprint density at radius 1 is 1.12 bits per heavy atom. The third-order valence-corrected chi connectivity index (χ3v) is 4.10. The number of hydrogen-bond donors (Lipinski definition) is 1. The van der Waals surface area contributed by atoms with E-state index in [1.807, 2.05) is 42.5 Å². The molecule has 5 heteroatoms. The number of halogens is 1. The second kappa shape index (κ2) is 7.99. The van der Waals surface area contributed by atoms with Crippen molar-refractivity contribution in [1.29, 1.82) is 0 Å². The first-order chi connectivity index (χ1) is 11.7. The van der Waals surface area contributed by atoms with Crippen LogP contribution in [0.25, 0.3) is 6.08 Å². The number of benzene rings is 2. The molecule has 24 heavy (non-hydrogen) atoms. The molecule has 1 N–H and O–H groups in total. The molecule has 124 valence electrons. The number of nitrogens with zero attached hydrogens (tertiary/aromatic N) is 1. The molecular formula is C19H19ClN2O2. The molecule has 0 aliphatic carbocycles. The normalized spacial score (nSPS) is 14.8. The second-order valence-electron chi connectivity index (χ2n) is 5.50. The zero-order valence-corrected chi connectivity index (χ0v) is 14.0. The summed E-state index contributed by atoms with van der Waals surface area (Å²) in [7, 11) is 0. The molecule has 0 atom stereocenters. The van der Waals surface area contributed by atoms with Gasteiger partial charge in [0, 0.05) is 24.9 Å². The Labute approximate surface area is 146 Å². The number of ether oxygens (including phenoxy) is 1. The zero-order chi connectivity index (χ0) is 16.8. The van der Waals surface area contributed by atoms with Gasteiger partial charge in [0.2, 0.25) is 5.91 Å². The molecule has 0 bridgehead atoms. The lowest BCUT2D eigenvalue weighted by Gasteiger charge is -2.29. The predicted molar refractivity (Wildman–Crippen MR) is 98.6 cm³/mol. The van der Waals surface area contributed by atoms with Crippen LogP contribution in [-0.4, -0.2) is 32.2 Å². The molecule has 1 aliphatic heterocycles. The molecule has 4 nitrogen and oxygen atoms in total. The summed E-state index contributed by atoms with van der Waals surface area (Å²) < 4.78 is 5.35. The van der Waals surface area contributed by atoms with Crippen molar-refractivity contribution in [3.8, 4) is 0 Å². The van der Waals surface area contributed by atoms with Crippen LogP contribution in [0, 0.1) is 0 Å². The number of carbonyl (C=O) groups is 1. The number of anilines is 2. The number of rotatable bonds is 4. The number of hydrogen-bond acceptors (Lipinski definition) is 3. The van der Waals surface area contributed by atoms with E-state index in [1.54, 1.807) is 12.1 Å². The highest BCUT2D eigenvalue weighted by atomic mass is 35.5. The van der Waals surface area contributed by atoms with Gasteiger partial charge in [-0.25, -0.2) is 0 Å². The Bertz CT molecular complexity index is 725. The lowest BCUT2D eigenvalue weighted by molar-refractivity contribution is -0.111. The van der Waals surface area contributed by atoms with E-state index in [0.29, 0.717) is 23.9 Å². The van der Waals surface area contributed by atoms with Crippen LogP contribution < -0.4 is 10.2 Å². The molecule has 0 radical (unpaired) electrons. The molecule has 3 rings (SSSR count). The zero-order valence-electron chi connectivity index (χ0n) is 13.2. The molecule has 1 amide bonds. The SMILES string of the molecule is O=C(/C=C\c1ccccc1)Nc1ccc(N2CCOCC2)c(Cl)c1. The van der Waals surface area contributed by atoms with Gasteiger partial charge in [0.25, 0.3) is 0 Å². The largest absolute Gasteiger partial charge is 0.378 e. The fourth-order valence-electron chi connectivity index (χ4n) is 2.57. The van der Waals surface area contributed by atoms with Gasteiger partial charge in [-0.15, -0.1) is 0 Å². The van der Waals surface area contributed by atoms with Crippen LogP contribution >= 0.6 is 11.6 Å². The predicted octanol–water partition coefficient (Wildman–Crippen LogP) is 3.83. The summed E-state index contributed by atoms with van der Waals surface area (Å²) in [5.74, 6) is -0.186. The van der Waals surface area contributed by atoms with Gasteiger partial charge in [0.05, 0.1) is 23.9 Å². The highest BCUT2D eigenvalue weighted by Gasteiger charge is 2.14. The lowest BCUT2D eigenvalue weighted by atomic mass is 10.2. The lowest BCUT2D eigenvalue weighted by Crippen LogP contribution is -2.36. The van der Waals surface area contributed by atoms with E-state index in [0.717, 1.165) is 24.3 Å². The van der Waals surface area contributed by atoms with E-state index in [4.69, 9.17) is 16.3 Å². The maximum Gasteiger partial charge on any atom is 0.248 e. The summed E-state index contributed by atoms with van der Waals surface area (Å²) in [5.41, 5.74) is 2.63. The summed E-state index contributed by atoms with van der Waals surface area (Å²) in [6, 6.07) is 15.3. The molecule has 2 aromatic carbocycles. The van der Waals surface area contributed by atoms with Crippen LogP contribution in [0.4, 0.5) is 11.4 Å². The van der Waals surface area contributed by atoms with E-state index < -0.39 is 0 Å². The molecule has 1 heterocycles. The van der Waals surface area contributed by atoms with Gasteiger partial charge in [0.1, 0.15) is 0 Å². The summed E-state index contributed by atoms with van der Waals surface area (Å²) >= 11 is 6.37.